The Bertz CT molecular complexity index is 1300. The van der Waals surface area contributed by atoms with Gasteiger partial charge in [0.2, 0.25) is 5.95 Å². The zero-order valence-electron chi connectivity index (χ0n) is 21.6. The molecule has 3 aromatic rings. The van der Waals surface area contributed by atoms with Gasteiger partial charge in [-0.15, -0.1) is 0 Å². The van der Waals surface area contributed by atoms with Crippen molar-refractivity contribution in [1.82, 2.24) is 20.3 Å². The Hall–Kier alpha value is -3.30. The number of pyridine rings is 1. The van der Waals surface area contributed by atoms with Gasteiger partial charge in [0.1, 0.15) is 5.82 Å². The first-order valence-electron chi connectivity index (χ1n) is 13.2. The highest BCUT2D eigenvalue weighted by Crippen LogP contribution is 2.40. The van der Waals surface area contributed by atoms with Crippen molar-refractivity contribution in [2.75, 3.05) is 62.9 Å². The fourth-order valence-electron chi connectivity index (χ4n) is 5.73. The van der Waals surface area contributed by atoms with Gasteiger partial charge in [0.25, 0.3) is 5.91 Å². The number of nitrogens with one attached hydrogen (secondary N) is 1. The Labute approximate surface area is 217 Å². The third kappa shape index (κ3) is 4.62. The fraction of sp³-hybridized carbons (Fsp3) is 0.500. The summed E-state index contributed by atoms with van der Waals surface area (Å²) in [5.41, 5.74) is 3.25. The minimum Gasteiger partial charge on any atom is -0.381 e. The largest absolute Gasteiger partial charge is 0.381 e. The lowest BCUT2D eigenvalue weighted by molar-refractivity contribution is 0.0963. The third-order valence-electron chi connectivity index (χ3n) is 8.11. The molecule has 0 bridgehead atoms. The molecule has 37 heavy (non-hydrogen) atoms. The summed E-state index contributed by atoms with van der Waals surface area (Å²) in [6.07, 6.45) is 3.34. The smallest absolute Gasteiger partial charge is 0.251 e. The van der Waals surface area contributed by atoms with Crippen molar-refractivity contribution in [3.63, 3.8) is 0 Å². The molecule has 6 rings (SSSR count). The molecule has 194 valence electrons. The highest BCUT2D eigenvalue weighted by Gasteiger charge is 2.39. The monoisotopic (exact) mass is 502 g/mol. The molecule has 3 aliphatic heterocycles. The van der Waals surface area contributed by atoms with E-state index >= 15 is 0 Å². The van der Waals surface area contributed by atoms with Crippen molar-refractivity contribution >= 4 is 28.7 Å². The van der Waals surface area contributed by atoms with E-state index in [1.165, 1.54) is 0 Å². The minimum atomic E-state index is -0.119. The number of aromatic nitrogens is 3. The van der Waals surface area contributed by atoms with Gasteiger partial charge in [-0.1, -0.05) is 12.1 Å². The summed E-state index contributed by atoms with van der Waals surface area (Å²) in [6, 6.07) is 11.8. The third-order valence-corrected chi connectivity index (χ3v) is 8.11. The van der Waals surface area contributed by atoms with Crippen LogP contribution in [-0.2, 0) is 9.47 Å². The molecular formula is C28H34N6O3. The first-order valence-corrected chi connectivity index (χ1v) is 13.2. The molecule has 3 aliphatic rings. The SMILES string of the molecule is CNC(=O)c1cccc(-c2ccc3c(N4CCOC[C@@H]4C)nc(N4CCC5(CCOC5)CC4)nc3n2)c1. The van der Waals surface area contributed by atoms with Gasteiger partial charge in [0.15, 0.2) is 5.65 Å². The average molecular weight is 503 g/mol. The molecule has 3 saturated heterocycles. The van der Waals surface area contributed by atoms with Crippen LogP contribution in [0.3, 0.4) is 0 Å². The van der Waals surface area contributed by atoms with Crippen molar-refractivity contribution in [3.8, 4) is 11.3 Å². The summed E-state index contributed by atoms with van der Waals surface area (Å²) in [6.45, 7) is 7.88. The molecule has 0 saturated carbocycles. The van der Waals surface area contributed by atoms with Crippen molar-refractivity contribution in [2.45, 2.75) is 32.2 Å². The van der Waals surface area contributed by atoms with Gasteiger partial charge in [-0.3, -0.25) is 4.79 Å². The maximum Gasteiger partial charge on any atom is 0.251 e. The molecule has 0 aliphatic carbocycles. The summed E-state index contributed by atoms with van der Waals surface area (Å²) in [4.78, 5) is 31.9. The summed E-state index contributed by atoms with van der Waals surface area (Å²) in [5, 5.41) is 3.62. The van der Waals surface area contributed by atoms with Gasteiger partial charge >= 0.3 is 0 Å². The molecule has 2 aromatic heterocycles. The van der Waals surface area contributed by atoms with Crippen molar-refractivity contribution < 1.29 is 14.3 Å². The van der Waals surface area contributed by atoms with Crippen LogP contribution in [0, 0.1) is 5.41 Å². The van der Waals surface area contributed by atoms with Crippen LogP contribution in [0.1, 0.15) is 36.5 Å². The van der Waals surface area contributed by atoms with E-state index in [4.69, 9.17) is 24.4 Å². The lowest BCUT2D eigenvalue weighted by Crippen LogP contribution is -2.45. The van der Waals surface area contributed by atoms with E-state index in [0.717, 1.165) is 80.5 Å². The Morgan fingerprint density at radius 3 is 2.65 bits per heavy atom. The summed E-state index contributed by atoms with van der Waals surface area (Å²) in [5.74, 6) is 1.53. The first-order chi connectivity index (χ1) is 18.0. The molecular weight excluding hydrogens is 468 g/mol. The maximum absolute atomic E-state index is 12.2. The van der Waals surface area contributed by atoms with E-state index in [1.54, 1.807) is 13.1 Å². The van der Waals surface area contributed by atoms with Crippen LogP contribution in [0.4, 0.5) is 11.8 Å². The van der Waals surface area contributed by atoms with E-state index in [-0.39, 0.29) is 11.9 Å². The number of hydrogen-bond acceptors (Lipinski definition) is 8. The predicted molar refractivity (Wildman–Crippen MR) is 143 cm³/mol. The van der Waals surface area contributed by atoms with E-state index in [2.05, 4.69) is 28.1 Å². The standard InChI is InChI=1S/C28H34N6O3/c1-19-17-36-15-13-34(19)25-22-6-7-23(20-4-3-5-21(16-20)26(35)29-2)30-24(22)31-27(32-25)33-11-8-28(9-12-33)10-14-37-18-28/h3-7,16,19H,8-15,17-18H2,1-2H3,(H,29,35)/t19-/m0/s1. The second-order valence-electron chi connectivity index (χ2n) is 10.5. The molecule has 1 atom stereocenters. The Morgan fingerprint density at radius 2 is 1.89 bits per heavy atom. The molecule has 1 amide bonds. The molecule has 0 radical (unpaired) electrons. The second kappa shape index (κ2) is 9.87. The first kappa shape index (κ1) is 24.1. The molecule has 5 heterocycles. The molecule has 9 heteroatoms. The number of anilines is 2. The van der Waals surface area contributed by atoms with Crippen LogP contribution in [0.15, 0.2) is 36.4 Å². The number of rotatable bonds is 4. The van der Waals surface area contributed by atoms with Crippen molar-refractivity contribution in [3.05, 3.63) is 42.0 Å². The van der Waals surface area contributed by atoms with Gasteiger partial charge < -0.3 is 24.6 Å². The quantitative estimate of drug-likeness (QED) is 0.581. The fourth-order valence-corrected chi connectivity index (χ4v) is 5.73. The topological polar surface area (TPSA) is 92.7 Å². The van der Waals surface area contributed by atoms with Crippen LogP contribution >= 0.6 is 0 Å². The van der Waals surface area contributed by atoms with Gasteiger partial charge in [0.05, 0.1) is 36.9 Å². The second-order valence-corrected chi connectivity index (χ2v) is 10.5. The number of hydrogen-bond donors (Lipinski definition) is 1. The number of nitrogens with zero attached hydrogens (tertiary/aromatic N) is 5. The Morgan fingerprint density at radius 1 is 1.03 bits per heavy atom. The van der Waals surface area contributed by atoms with Gasteiger partial charge in [-0.25, -0.2) is 4.98 Å². The lowest BCUT2D eigenvalue weighted by Gasteiger charge is -2.39. The number of fused-ring (bicyclic) bond motifs is 1. The summed E-state index contributed by atoms with van der Waals surface area (Å²) < 4.78 is 11.4. The minimum absolute atomic E-state index is 0.119. The zero-order chi connectivity index (χ0) is 25.4. The van der Waals surface area contributed by atoms with Gasteiger partial charge in [0, 0.05) is 44.4 Å². The van der Waals surface area contributed by atoms with Crippen molar-refractivity contribution in [2.24, 2.45) is 5.41 Å². The normalized spacial score (nSPS) is 21.5. The van der Waals surface area contributed by atoms with E-state index in [1.807, 2.05) is 24.3 Å². The van der Waals surface area contributed by atoms with Crippen LogP contribution < -0.4 is 15.1 Å². The Kier molecular flexibility index (Phi) is 6.42. The zero-order valence-corrected chi connectivity index (χ0v) is 21.6. The molecule has 9 nitrogen and oxygen atoms in total. The van der Waals surface area contributed by atoms with Crippen LogP contribution in [0.2, 0.25) is 0 Å². The molecule has 0 unspecified atom stereocenters. The lowest BCUT2D eigenvalue weighted by atomic mass is 9.78. The number of amides is 1. The molecule has 1 aromatic carbocycles. The van der Waals surface area contributed by atoms with Crippen LogP contribution in [-0.4, -0.2) is 80.0 Å². The number of benzene rings is 1. The average Bonchev–Trinajstić information content (AvgIpc) is 3.40. The van der Waals surface area contributed by atoms with Crippen LogP contribution in [0.5, 0.6) is 0 Å². The number of carbonyl (C=O) groups excluding carboxylic acids is 1. The number of morpholine rings is 1. The molecule has 1 spiro atoms. The molecule has 1 N–H and O–H groups in total. The maximum atomic E-state index is 12.2. The van der Waals surface area contributed by atoms with Gasteiger partial charge in [-0.2, -0.15) is 9.97 Å². The molecule has 3 fully saturated rings. The van der Waals surface area contributed by atoms with Gasteiger partial charge in [-0.05, 0) is 55.9 Å². The number of piperidine rings is 1. The summed E-state index contributed by atoms with van der Waals surface area (Å²) >= 11 is 0. The Balaban J connectivity index is 1.40. The van der Waals surface area contributed by atoms with Crippen molar-refractivity contribution in [1.29, 1.82) is 0 Å². The van der Waals surface area contributed by atoms with Crippen LogP contribution in [0.25, 0.3) is 22.3 Å². The number of carbonyl (C=O) groups is 1. The highest BCUT2D eigenvalue weighted by atomic mass is 16.5. The van der Waals surface area contributed by atoms with E-state index < -0.39 is 0 Å². The van der Waals surface area contributed by atoms with E-state index in [0.29, 0.717) is 29.8 Å². The van der Waals surface area contributed by atoms with E-state index in [9.17, 15) is 4.79 Å². The number of ether oxygens (including phenoxy) is 2. The summed E-state index contributed by atoms with van der Waals surface area (Å²) in [7, 11) is 1.64. The predicted octanol–water partition coefficient (Wildman–Crippen LogP) is 3.28. The highest BCUT2D eigenvalue weighted by molar-refractivity contribution is 5.95.